The number of amides is 1. The third-order valence-corrected chi connectivity index (χ3v) is 4.21. The summed E-state index contributed by atoms with van der Waals surface area (Å²) in [4.78, 5) is 14.1. The summed E-state index contributed by atoms with van der Waals surface area (Å²) in [5.74, 6) is 0.0582. The molecule has 4 nitrogen and oxygen atoms in total. The van der Waals surface area contributed by atoms with Crippen LogP contribution in [0.3, 0.4) is 0 Å². The Bertz CT molecular complexity index is 290. The van der Waals surface area contributed by atoms with Crippen molar-refractivity contribution in [3.8, 4) is 0 Å². The van der Waals surface area contributed by atoms with Crippen molar-refractivity contribution >= 4 is 17.5 Å². The van der Waals surface area contributed by atoms with Crippen LogP contribution in [0.1, 0.15) is 26.7 Å². The van der Waals surface area contributed by atoms with E-state index < -0.39 is 11.2 Å². The van der Waals surface area contributed by atoms with Gasteiger partial charge in [-0.05, 0) is 13.8 Å². The highest BCUT2D eigenvalue weighted by Gasteiger charge is 2.42. The molecule has 0 atom stereocenters. The maximum Gasteiger partial charge on any atom is 0.229 e. The average molecular weight is 262 g/mol. The second-order valence-electron chi connectivity index (χ2n) is 5.42. The fourth-order valence-corrected chi connectivity index (χ4v) is 2.44. The van der Waals surface area contributed by atoms with Crippen molar-refractivity contribution < 1.29 is 14.3 Å². The van der Waals surface area contributed by atoms with Crippen LogP contribution in [-0.4, -0.2) is 48.8 Å². The molecule has 1 spiro atoms. The molecule has 0 radical (unpaired) electrons. The maximum absolute atomic E-state index is 12.2. The first-order valence-corrected chi connectivity index (χ1v) is 6.66. The van der Waals surface area contributed by atoms with Crippen LogP contribution in [0.15, 0.2) is 0 Å². The zero-order valence-corrected chi connectivity index (χ0v) is 11.3. The molecule has 0 bridgehead atoms. The van der Waals surface area contributed by atoms with E-state index in [-0.39, 0.29) is 5.91 Å². The summed E-state index contributed by atoms with van der Waals surface area (Å²) in [5.41, 5.74) is -0.483. The van der Waals surface area contributed by atoms with E-state index in [9.17, 15) is 4.79 Å². The lowest BCUT2D eigenvalue weighted by Crippen LogP contribution is -2.51. The smallest absolute Gasteiger partial charge is 0.229 e. The van der Waals surface area contributed by atoms with Crippen molar-refractivity contribution in [3.63, 3.8) is 0 Å². The minimum Gasteiger partial charge on any atom is -0.347 e. The highest BCUT2D eigenvalue weighted by molar-refractivity contribution is 6.19. The van der Waals surface area contributed by atoms with Gasteiger partial charge in [0.25, 0.3) is 0 Å². The number of halogens is 1. The molecule has 2 fully saturated rings. The summed E-state index contributed by atoms with van der Waals surface area (Å²) in [5, 5.41) is 0. The highest BCUT2D eigenvalue weighted by Crippen LogP contribution is 2.33. The van der Waals surface area contributed by atoms with Crippen molar-refractivity contribution in [2.24, 2.45) is 5.41 Å². The van der Waals surface area contributed by atoms with Crippen LogP contribution < -0.4 is 0 Å². The summed E-state index contributed by atoms with van der Waals surface area (Å²) in [6, 6.07) is 0. The summed E-state index contributed by atoms with van der Waals surface area (Å²) >= 11 is 5.83. The summed E-state index contributed by atoms with van der Waals surface area (Å²) in [6.07, 6.45) is 1.52. The number of rotatable bonds is 2. The monoisotopic (exact) mass is 261 g/mol. The number of carbonyl (C=O) groups is 1. The Balaban J connectivity index is 1.93. The largest absolute Gasteiger partial charge is 0.347 e. The van der Waals surface area contributed by atoms with Gasteiger partial charge in [-0.25, -0.2) is 0 Å². The van der Waals surface area contributed by atoms with Gasteiger partial charge in [-0.2, -0.15) is 0 Å². The van der Waals surface area contributed by atoms with Gasteiger partial charge in [0.15, 0.2) is 5.79 Å². The van der Waals surface area contributed by atoms with Crippen LogP contribution in [0, 0.1) is 5.41 Å². The highest BCUT2D eigenvalue weighted by atomic mass is 35.5. The Morgan fingerprint density at radius 2 is 1.82 bits per heavy atom. The molecule has 98 valence electrons. The standard InChI is InChI=1S/C12H20ClNO3/c1-11(2,9-13)10(15)14-5-3-12(4-6-14)16-7-8-17-12/h3-9H2,1-2H3. The minimum atomic E-state index is -0.483. The normalized spacial score (nSPS) is 24.3. The van der Waals surface area contributed by atoms with E-state index in [0.29, 0.717) is 32.2 Å². The van der Waals surface area contributed by atoms with Crippen LogP contribution in [-0.2, 0) is 14.3 Å². The number of nitrogens with zero attached hydrogens (tertiary/aromatic N) is 1. The van der Waals surface area contributed by atoms with E-state index in [0.717, 1.165) is 12.8 Å². The van der Waals surface area contributed by atoms with E-state index in [2.05, 4.69) is 0 Å². The first-order chi connectivity index (χ1) is 7.99. The van der Waals surface area contributed by atoms with Crippen molar-refractivity contribution in [1.29, 1.82) is 0 Å². The number of likely N-dealkylation sites (tertiary alicyclic amines) is 1. The fraction of sp³-hybridized carbons (Fsp3) is 0.917. The number of ether oxygens (including phenoxy) is 2. The molecular formula is C12H20ClNO3. The Kier molecular flexibility index (Phi) is 3.66. The third kappa shape index (κ3) is 2.59. The van der Waals surface area contributed by atoms with Crippen LogP contribution >= 0.6 is 11.6 Å². The van der Waals surface area contributed by atoms with Gasteiger partial charge in [0, 0.05) is 31.8 Å². The molecule has 0 aromatic rings. The average Bonchev–Trinajstić information content (AvgIpc) is 2.78. The van der Waals surface area contributed by atoms with Gasteiger partial charge in [0.2, 0.25) is 5.91 Å². The first kappa shape index (κ1) is 13.1. The quantitative estimate of drug-likeness (QED) is 0.709. The van der Waals surface area contributed by atoms with Gasteiger partial charge in [0.05, 0.1) is 18.6 Å². The van der Waals surface area contributed by atoms with Gasteiger partial charge in [-0.1, -0.05) is 0 Å². The lowest BCUT2D eigenvalue weighted by Gasteiger charge is -2.40. The second-order valence-corrected chi connectivity index (χ2v) is 5.68. The van der Waals surface area contributed by atoms with Gasteiger partial charge >= 0.3 is 0 Å². The predicted molar refractivity (Wildman–Crippen MR) is 65.0 cm³/mol. The van der Waals surface area contributed by atoms with Gasteiger partial charge < -0.3 is 14.4 Å². The fourth-order valence-electron chi connectivity index (χ4n) is 2.32. The molecule has 0 unspecified atom stereocenters. The second kappa shape index (κ2) is 4.75. The number of piperidine rings is 1. The molecule has 0 saturated carbocycles. The van der Waals surface area contributed by atoms with Crippen LogP contribution in [0.5, 0.6) is 0 Å². The number of hydrogen-bond donors (Lipinski definition) is 0. The lowest BCUT2D eigenvalue weighted by molar-refractivity contribution is -0.189. The van der Waals surface area contributed by atoms with Crippen LogP contribution in [0.2, 0.25) is 0 Å². The van der Waals surface area contributed by atoms with Crippen molar-refractivity contribution in [1.82, 2.24) is 4.90 Å². The molecule has 2 heterocycles. The van der Waals surface area contributed by atoms with E-state index in [1.165, 1.54) is 0 Å². The van der Waals surface area contributed by atoms with E-state index in [1.807, 2.05) is 18.7 Å². The summed E-state index contributed by atoms with van der Waals surface area (Å²) in [7, 11) is 0. The zero-order valence-electron chi connectivity index (χ0n) is 10.5. The molecule has 2 aliphatic rings. The van der Waals surface area contributed by atoms with Crippen molar-refractivity contribution in [3.05, 3.63) is 0 Å². The Morgan fingerprint density at radius 1 is 1.29 bits per heavy atom. The molecule has 0 aromatic heterocycles. The molecule has 17 heavy (non-hydrogen) atoms. The topological polar surface area (TPSA) is 38.8 Å². The molecule has 5 heteroatoms. The molecule has 0 N–H and O–H groups in total. The number of carbonyl (C=O) groups excluding carboxylic acids is 1. The van der Waals surface area contributed by atoms with Crippen LogP contribution in [0.25, 0.3) is 0 Å². The third-order valence-electron chi connectivity index (χ3n) is 3.54. The van der Waals surface area contributed by atoms with Crippen LogP contribution in [0.4, 0.5) is 0 Å². The summed E-state index contributed by atoms with van der Waals surface area (Å²) < 4.78 is 11.3. The zero-order chi connectivity index (χ0) is 12.5. The Morgan fingerprint density at radius 3 is 2.29 bits per heavy atom. The molecule has 1 amide bonds. The molecule has 2 aliphatic heterocycles. The van der Waals surface area contributed by atoms with Gasteiger partial charge in [0.1, 0.15) is 0 Å². The summed E-state index contributed by atoms with van der Waals surface area (Å²) in [6.45, 7) is 6.49. The number of hydrogen-bond acceptors (Lipinski definition) is 3. The maximum atomic E-state index is 12.2. The Labute approximate surface area is 107 Å². The molecule has 0 aromatic carbocycles. The Hall–Kier alpha value is -0.320. The lowest BCUT2D eigenvalue weighted by atomic mass is 9.92. The van der Waals surface area contributed by atoms with E-state index in [1.54, 1.807) is 0 Å². The van der Waals surface area contributed by atoms with Crippen molar-refractivity contribution in [2.45, 2.75) is 32.5 Å². The van der Waals surface area contributed by atoms with E-state index in [4.69, 9.17) is 21.1 Å². The minimum absolute atomic E-state index is 0.125. The van der Waals surface area contributed by atoms with Crippen molar-refractivity contribution in [2.75, 3.05) is 32.2 Å². The molecule has 2 rings (SSSR count). The van der Waals surface area contributed by atoms with Gasteiger partial charge in [-0.3, -0.25) is 4.79 Å². The van der Waals surface area contributed by atoms with Gasteiger partial charge in [-0.15, -0.1) is 11.6 Å². The molecule has 0 aliphatic carbocycles. The first-order valence-electron chi connectivity index (χ1n) is 6.12. The SMILES string of the molecule is CC(C)(CCl)C(=O)N1CCC2(CC1)OCCO2. The molecular weight excluding hydrogens is 242 g/mol. The number of alkyl halides is 1. The van der Waals surface area contributed by atoms with E-state index >= 15 is 0 Å². The molecule has 2 saturated heterocycles. The predicted octanol–water partition coefficient (Wildman–Crippen LogP) is 1.62.